The van der Waals surface area contributed by atoms with E-state index in [0.717, 1.165) is 17.9 Å². The summed E-state index contributed by atoms with van der Waals surface area (Å²) in [5.74, 6) is 1.75. The standard InChI is InChI=1S/C9H18N2/c1-3-8-9-6(4-7(9)10)5-11(8)2/h6-9H,3-5,10H2,1-2H3/t6-,7-,8+,9+/m1/s1. The predicted octanol–water partition coefficient (Wildman–Crippen LogP) is 0.674. The molecule has 2 rings (SSSR count). The van der Waals surface area contributed by atoms with Crippen molar-refractivity contribution in [2.24, 2.45) is 17.6 Å². The fraction of sp³-hybridized carbons (Fsp3) is 1.00. The Hall–Kier alpha value is -0.0800. The van der Waals surface area contributed by atoms with Crippen LogP contribution in [0.1, 0.15) is 19.8 Å². The molecule has 0 aromatic heterocycles. The first-order valence-electron chi connectivity index (χ1n) is 4.70. The minimum atomic E-state index is 0.509. The van der Waals surface area contributed by atoms with E-state index >= 15 is 0 Å². The maximum absolute atomic E-state index is 5.97. The zero-order chi connectivity index (χ0) is 8.01. The molecule has 2 fully saturated rings. The van der Waals surface area contributed by atoms with Gasteiger partial charge in [-0.2, -0.15) is 0 Å². The first-order valence-corrected chi connectivity index (χ1v) is 4.70. The average Bonchev–Trinajstić information content (AvgIpc) is 2.22. The highest BCUT2D eigenvalue weighted by Crippen LogP contribution is 2.44. The van der Waals surface area contributed by atoms with E-state index in [9.17, 15) is 0 Å². The molecule has 64 valence electrons. The summed E-state index contributed by atoms with van der Waals surface area (Å²) in [5.41, 5.74) is 5.97. The number of nitrogens with two attached hydrogens (primary N) is 1. The van der Waals surface area contributed by atoms with E-state index in [1.165, 1.54) is 19.4 Å². The molecule has 0 aromatic carbocycles. The van der Waals surface area contributed by atoms with E-state index in [0.29, 0.717) is 6.04 Å². The van der Waals surface area contributed by atoms with Crippen molar-refractivity contribution >= 4 is 0 Å². The summed E-state index contributed by atoms with van der Waals surface area (Å²) in [5, 5.41) is 0. The van der Waals surface area contributed by atoms with Gasteiger partial charge < -0.3 is 10.6 Å². The third-order valence-electron chi connectivity index (χ3n) is 3.56. The zero-order valence-electron chi connectivity index (χ0n) is 7.46. The molecule has 0 radical (unpaired) electrons. The Morgan fingerprint density at radius 1 is 1.55 bits per heavy atom. The van der Waals surface area contributed by atoms with E-state index in [1.807, 2.05) is 0 Å². The van der Waals surface area contributed by atoms with Crippen LogP contribution in [-0.4, -0.2) is 30.6 Å². The molecule has 0 aromatic rings. The summed E-state index contributed by atoms with van der Waals surface area (Å²) >= 11 is 0. The fourth-order valence-corrected chi connectivity index (χ4v) is 3.00. The van der Waals surface area contributed by atoms with Crippen LogP contribution in [0.5, 0.6) is 0 Å². The molecular weight excluding hydrogens is 136 g/mol. The molecule has 1 heterocycles. The maximum Gasteiger partial charge on any atom is 0.0136 e. The smallest absolute Gasteiger partial charge is 0.0136 e. The van der Waals surface area contributed by atoms with Crippen molar-refractivity contribution in [1.82, 2.24) is 4.90 Å². The molecule has 0 amide bonds. The van der Waals surface area contributed by atoms with Crippen molar-refractivity contribution in [2.75, 3.05) is 13.6 Å². The highest BCUT2D eigenvalue weighted by molar-refractivity contribution is 5.04. The SMILES string of the molecule is CC[C@H]1[C@H]2[C@H](C[C@H]2N)CN1C. The highest BCUT2D eigenvalue weighted by Gasteiger charge is 2.49. The van der Waals surface area contributed by atoms with Crippen molar-refractivity contribution in [2.45, 2.75) is 31.8 Å². The van der Waals surface area contributed by atoms with Crippen LogP contribution in [0.4, 0.5) is 0 Å². The summed E-state index contributed by atoms with van der Waals surface area (Å²) in [6.07, 6.45) is 2.54. The van der Waals surface area contributed by atoms with Crippen LogP contribution in [0.3, 0.4) is 0 Å². The Morgan fingerprint density at radius 3 is 2.73 bits per heavy atom. The van der Waals surface area contributed by atoms with Gasteiger partial charge in [-0.3, -0.25) is 0 Å². The van der Waals surface area contributed by atoms with Gasteiger partial charge in [0, 0.05) is 18.6 Å². The summed E-state index contributed by atoms with van der Waals surface area (Å²) in [4.78, 5) is 2.49. The number of rotatable bonds is 1. The second-order valence-corrected chi connectivity index (χ2v) is 4.15. The molecule has 0 unspecified atom stereocenters. The third-order valence-corrected chi connectivity index (χ3v) is 3.56. The van der Waals surface area contributed by atoms with Gasteiger partial charge in [-0.25, -0.2) is 0 Å². The van der Waals surface area contributed by atoms with Gasteiger partial charge in [0.25, 0.3) is 0 Å². The molecule has 1 saturated carbocycles. The molecule has 2 heteroatoms. The minimum absolute atomic E-state index is 0.509. The number of hydrogen-bond acceptors (Lipinski definition) is 2. The largest absolute Gasteiger partial charge is 0.327 e. The number of hydrogen-bond donors (Lipinski definition) is 1. The summed E-state index contributed by atoms with van der Waals surface area (Å²) < 4.78 is 0. The van der Waals surface area contributed by atoms with E-state index in [1.54, 1.807) is 0 Å². The molecule has 2 N–H and O–H groups in total. The van der Waals surface area contributed by atoms with Gasteiger partial charge in [-0.15, -0.1) is 0 Å². The second-order valence-electron chi connectivity index (χ2n) is 4.15. The van der Waals surface area contributed by atoms with E-state index in [2.05, 4.69) is 18.9 Å². The predicted molar refractivity (Wildman–Crippen MR) is 46.3 cm³/mol. The minimum Gasteiger partial charge on any atom is -0.327 e. The molecule has 2 aliphatic rings. The number of nitrogens with zero attached hydrogens (tertiary/aromatic N) is 1. The van der Waals surface area contributed by atoms with Crippen LogP contribution in [-0.2, 0) is 0 Å². The fourth-order valence-electron chi connectivity index (χ4n) is 3.00. The van der Waals surface area contributed by atoms with Crippen LogP contribution >= 0.6 is 0 Å². The lowest BCUT2D eigenvalue weighted by Crippen LogP contribution is -2.49. The zero-order valence-corrected chi connectivity index (χ0v) is 7.46. The lowest BCUT2D eigenvalue weighted by atomic mass is 9.68. The van der Waals surface area contributed by atoms with Gasteiger partial charge in [0.15, 0.2) is 0 Å². The first-order chi connectivity index (χ1) is 5.24. The lowest BCUT2D eigenvalue weighted by molar-refractivity contribution is 0.152. The maximum atomic E-state index is 5.97. The number of fused-ring (bicyclic) bond motifs is 1. The van der Waals surface area contributed by atoms with E-state index in [-0.39, 0.29) is 0 Å². The Balaban J connectivity index is 2.07. The summed E-state index contributed by atoms with van der Waals surface area (Å²) in [7, 11) is 2.24. The van der Waals surface area contributed by atoms with Gasteiger partial charge in [0.05, 0.1) is 0 Å². The van der Waals surface area contributed by atoms with Gasteiger partial charge in [0.1, 0.15) is 0 Å². The van der Waals surface area contributed by atoms with Crippen LogP contribution < -0.4 is 5.73 Å². The average molecular weight is 154 g/mol. The van der Waals surface area contributed by atoms with Crippen molar-refractivity contribution in [1.29, 1.82) is 0 Å². The van der Waals surface area contributed by atoms with Gasteiger partial charge in [-0.05, 0) is 31.7 Å². The van der Waals surface area contributed by atoms with Crippen LogP contribution in [0, 0.1) is 11.8 Å². The monoisotopic (exact) mass is 154 g/mol. The first kappa shape index (κ1) is 7.56. The molecule has 2 nitrogen and oxygen atoms in total. The molecule has 1 aliphatic heterocycles. The Morgan fingerprint density at radius 2 is 2.27 bits per heavy atom. The third kappa shape index (κ3) is 0.926. The topological polar surface area (TPSA) is 29.3 Å². The van der Waals surface area contributed by atoms with Crippen LogP contribution in [0.25, 0.3) is 0 Å². The Kier molecular flexibility index (Phi) is 1.69. The molecule has 0 bridgehead atoms. The van der Waals surface area contributed by atoms with Crippen molar-refractivity contribution < 1.29 is 0 Å². The molecule has 11 heavy (non-hydrogen) atoms. The van der Waals surface area contributed by atoms with Gasteiger partial charge in [-0.1, -0.05) is 6.92 Å². The van der Waals surface area contributed by atoms with Gasteiger partial charge in [0.2, 0.25) is 0 Å². The van der Waals surface area contributed by atoms with Crippen LogP contribution in [0.2, 0.25) is 0 Å². The van der Waals surface area contributed by atoms with Gasteiger partial charge >= 0.3 is 0 Å². The summed E-state index contributed by atoms with van der Waals surface area (Å²) in [6.45, 7) is 3.56. The van der Waals surface area contributed by atoms with E-state index < -0.39 is 0 Å². The molecule has 1 saturated heterocycles. The molecular formula is C9H18N2. The number of likely N-dealkylation sites (tertiary alicyclic amines) is 1. The quantitative estimate of drug-likeness (QED) is 0.601. The molecule has 4 atom stereocenters. The van der Waals surface area contributed by atoms with Crippen molar-refractivity contribution in [3.05, 3.63) is 0 Å². The van der Waals surface area contributed by atoms with Crippen LogP contribution in [0.15, 0.2) is 0 Å². The molecule has 0 spiro atoms. The Bertz CT molecular complexity index is 154. The Labute approximate surface area is 68.7 Å². The molecule has 1 aliphatic carbocycles. The van der Waals surface area contributed by atoms with Crippen molar-refractivity contribution in [3.63, 3.8) is 0 Å². The second kappa shape index (κ2) is 2.46. The van der Waals surface area contributed by atoms with Crippen molar-refractivity contribution in [3.8, 4) is 0 Å². The van der Waals surface area contributed by atoms with E-state index in [4.69, 9.17) is 5.73 Å². The lowest BCUT2D eigenvalue weighted by Gasteiger charge is -2.40. The highest BCUT2D eigenvalue weighted by atomic mass is 15.2. The normalized spacial score (nSPS) is 50.5. The summed E-state index contributed by atoms with van der Waals surface area (Å²) in [6, 6.07) is 1.29.